The molecule has 0 atom stereocenters. The zero-order valence-corrected chi connectivity index (χ0v) is 16.1. The molecule has 0 radical (unpaired) electrons. The van der Waals surface area contributed by atoms with Crippen molar-refractivity contribution in [2.45, 2.75) is 29.3 Å². The Morgan fingerprint density at radius 2 is 1.89 bits per heavy atom. The van der Waals surface area contributed by atoms with E-state index in [2.05, 4.69) is 38.4 Å². The van der Waals surface area contributed by atoms with Crippen molar-refractivity contribution in [1.82, 2.24) is 19.8 Å². The zero-order chi connectivity index (χ0) is 19.5. The fraction of sp³-hybridized carbons (Fsp3) is 0.368. The van der Waals surface area contributed by atoms with Crippen LogP contribution in [0.3, 0.4) is 0 Å². The number of nitrogens with one attached hydrogen (secondary N) is 1. The number of carboxylic acid groups (broad SMARTS) is 1. The zero-order valence-electron chi connectivity index (χ0n) is 15.3. The molecular weight excluding hydrogens is 378 g/mol. The van der Waals surface area contributed by atoms with Crippen LogP contribution in [-0.2, 0) is 16.1 Å². The lowest BCUT2D eigenvalue weighted by Gasteiger charge is -2.35. The predicted molar refractivity (Wildman–Crippen MR) is 105 cm³/mol. The lowest BCUT2D eigenvalue weighted by Crippen LogP contribution is -2.48. The number of aliphatic carboxylic acids is 1. The molecule has 2 aliphatic heterocycles. The van der Waals surface area contributed by atoms with Gasteiger partial charge >= 0.3 is 5.97 Å². The normalized spacial score (nSPS) is 16.1. The molecular formula is C19H21N5O3S. The Kier molecular flexibility index (Phi) is 5.45. The van der Waals surface area contributed by atoms with E-state index < -0.39 is 5.97 Å². The Hall–Kier alpha value is -2.65. The smallest absolute Gasteiger partial charge is 0.303 e. The van der Waals surface area contributed by atoms with Crippen LogP contribution in [0.2, 0.25) is 0 Å². The third kappa shape index (κ3) is 4.26. The van der Waals surface area contributed by atoms with Gasteiger partial charge in [0.2, 0.25) is 5.91 Å². The van der Waals surface area contributed by atoms with Crippen LogP contribution in [0.5, 0.6) is 0 Å². The molecule has 146 valence electrons. The van der Waals surface area contributed by atoms with Gasteiger partial charge in [-0.05, 0) is 17.7 Å². The summed E-state index contributed by atoms with van der Waals surface area (Å²) in [4.78, 5) is 36.6. The molecule has 3 heterocycles. The van der Waals surface area contributed by atoms with Crippen molar-refractivity contribution in [3.63, 3.8) is 0 Å². The summed E-state index contributed by atoms with van der Waals surface area (Å²) in [6.07, 6.45) is 3.35. The number of carboxylic acids is 1. The van der Waals surface area contributed by atoms with Gasteiger partial charge in [0.15, 0.2) is 5.82 Å². The number of piperazine rings is 1. The lowest BCUT2D eigenvalue weighted by atomic mass is 10.1. The topological polar surface area (TPSA) is 98.7 Å². The minimum atomic E-state index is -0.931. The van der Waals surface area contributed by atoms with Crippen molar-refractivity contribution < 1.29 is 14.7 Å². The standard InChI is InChI=1S/C19H21N5O3S/c25-16(3-4-17(26)27)24-9-7-23(8-10-24)12-13-1-2-15-14(11-13)22-18-19(28-15)21-6-5-20-18/h1-2,5-6,11H,3-4,7-10,12H2,(H,20,22)(H,26,27). The first-order valence-corrected chi connectivity index (χ1v) is 10.0. The van der Waals surface area contributed by atoms with Gasteiger partial charge in [0.05, 0.1) is 12.1 Å². The Balaban J connectivity index is 1.33. The van der Waals surface area contributed by atoms with Crippen LogP contribution in [-0.4, -0.2) is 62.9 Å². The maximum absolute atomic E-state index is 12.1. The van der Waals surface area contributed by atoms with Gasteiger partial charge in [-0.3, -0.25) is 14.5 Å². The van der Waals surface area contributed by atoms with Crippen LogP contribution in [0.1, 0.15) is 18.4 Å². The number of carbonyl (C=O) groups excluding carboxylic acids is 1. The van der Waals surface area contributed by atoms with Crippen molar-refractivity contribution in [3.8, 4) is 0 Å². The molecule has 0 spiro atoms. The van der Waals surface area contributed by atoms with Crippen LogP contribution in [0, 0.1) is 0 Å². The minimum absolute atomic E-state index is 0.0724. The van der Waals surface area contributed by atoms with Gasteiger partial charge in [-0.2, -0.15) is 0 Å². The first-order chi connectivity index (χ1) is 13.6. The van der Waals surface area contributed by atoms with Gasteiger partial charge in [-0.25, -0.2) is 9.97 Å². The van der Waals surface area contributed by atoms with Crippen molar-refractivity contribution in [1.29, 1.82) is 0 Å². The summed E-state index contributed by atoms with van der Waals surface area (Å²) in [5.41, 5.74) is 2.24. The Labute approximate surface area is 167 Å². The van der Waals surface area contributed by atoms with Crippen molar-refractivity contribution in [2.24, 2.45) is 0 Å². The van der Waals surface area contributed by atoms with Gasteiger partial charge in [0, 0.05) is 56.4 Å². The molecule has 8 nitrogen and oxygen atoms in total. The number of fused-ring (bicyclic) bond motifs is 2. The number of hydrogen-bond acceptors (Lipinski definition) is 7. The quantitative estimate of drug-likeness (QED) is 0.674. The molecule has 1 fully saturated rings. The molecule has 2 N–H and O–H groups in total. The van der Waals surface area contributed by atoms with E-state index in [1.807, 2.05) is 0 Å². The molecule has 2 aliphatic rings. The van der Waals surface area contributed by atoms with E-state index in [-0.39, 0.29) is 18.7 Å². The Morgan fingerprint density at radius 1 is 1.11 bits per heavy atom. The molecule has 1 aromatic carbocycles. The van der Waals surface area contributed by atoms with E-state index in [4.69, 9.17) is 5.11 Å². The summed E-state index contributed by atoms with van der Waals surface area (Å²) in [5, 5.41) is 12.9. The molecule has 9 heteroatoms. The van der Waals surface area contributed by atoms with Crippen molar-refractivity contribution in [2.75, 3.05) is 31.5 Å². The largest absolute Gasteiger partial charge is 0.481 e. The number of aromatic nitrogens is 2. The predicted octanol–water partition coefficient (Wildman–Crippen LogP) is 2.19. The van der Waals surface area contributed by atoms with Gasteiger partial charge in [-0.15, -0.1) is 0 Å². The summed E-state index contributed by atoms with van der Waals surface area (Å²) < 4.78 is 0. The fourth-order valence-electron chi connectivity index (χ4n) is 3.37. The van der Waals surface area contributed by atoms with E-state index in [1.54, 1.807) is 29.1 Å². The SMILES string of the molecule is O=C(O)CCC(=O)N1CCN(Cc2ccc3c(c2)Nc2nccnc2S3)CC1. The molecule has 0 aliphatic carbocycles. The molecule has 0 unspecified atom stereocenters. The van der Waals surface area contributed by atoms with E-state index in [0.29, 0.717) is 13.1 Å². The number of nitrogens with zero attached hydrogens (tertiary/aromatic N) is 4. The number of carbonyl (C=O) groups is 2. The molecule has 0 saturated carbocycles. The third-order valence-corrected chi connectivity index (χ3v) is 5.92. The second-order valence-corrected chi connectivity index (χ2v) is 7.85. The van der Waals surface area contributed by atoms with Crippen LogP contribution < -0.4 is 5.32 Å². The van der Waals surface area contributed by atoms with Crippen LogP contribution in [0.15, 0.2) is 40.5 Å². The Bertz CT molecular complexity index is 899. The van der Waals surface area contributed by atoms with Gasteiger partial charge in [-0.1, -0.05) is 17.8 Å². The summed E-state index contributed by atoms with van der Waals surface area (Å²) in [5.74, 6) is -0.220. The maximum atomic E-state index is 12.1. The van der Waals surface area contributed by atoms with E-state index >= 15 is 0 Å². The lowest BCUT2D eigenvalue weighted by molar-refractivity contribution is -0.141. The molecule has 1 aromatic heterocycles. The summed E-state index contributed by atoms with van der Waals surface area (Å²) in [7, 11) is 0. The van der Waals surface area contributed by atoms with Crippen LogP contribution >= 0.6 is 11.8 Å². The second-order valence-electron chi connectivity index (χ2n) is 6.82. The molecule has 1 amide bonds. The molecule has 4 rings (SSSR count). The number of hydrogen-bond donors (Lipinski definition) is 2. The van der Waals surface area contributed by atoms with Gasteiger partial charge in [0.1, 0.15) is 5.03 Å². The highest BCUT2D eigenvalue weighted by Crippen LogP contribution is 2.42. The number of anilines is 2. The van der Waals surface area contributed by atoms with E-state index in [9.17, 15) is 9.59 Å². The van der Waals surface area contributed by atoms with Crippen LogP contribution in [0.25, 0.3) is 0 Å². The maximum Gasteiger partial charge on any atom is 0.303 e. The minimum Gasteiger partial charge on any atom is -0.481 e. The van der Waals surface area contributed by atoms with Crippen LogP contribution in [0.4, 0.5) is 11.5 Å². The average molecular weight is 399 g/mol. The van der Waals surface area contributed by atoms with Crippen molar-refractivity contribution >= 4 is 35.1 Å². The van der Waals surface area contributed by atoms with E-state index in [0.717, 1.165) is 41.1 Å². The summed E-state index contributed by atoms with van der Waals surface area (Å²) in [6, 6.07) is 6.37. The Morgan fingerprint density at radius 3 is 2.68 bits per heavy atom. The number of benzene rings is 1. The monoisotopic (exact) mass is 399 g/mol. The first kappa shape index (κ1) is 18.7. The molecule has 28 heavy (non-hydrogen) atoms. The third-order valence-electron chi connectivity index (χ3n) is 4.85. The second kappa shape index (κ2) is 8.15. The molecule has 1 saturated heterocycles. The highest BCUT2D eigenvalue weighted by Gasteiger charge is 2.22. The highest BCUT2D eigenvalue weighted by molar-refractivity contribution is 7.99. The highest BCUT2D eigenvalue weighted by atomic mass is 32.2. The first-order valence-electron chi connectivity index (χ1n) is 9.19. The van der Waals surface area contributed by atoms with Gasteiger partial charge in [0.25, 0.3) is 0 Å². The molecule has 0 bridgehead atoms. The molecule has 2 aromatic rings. The van der Waals surface area contributed by atoms with Crippen molar-refractivity contribution in [3.05, 3.63) is 36.2 Å². The summed E-state index contributed by atoms with van der Waals surface area (Å²) >= 11 is 1.61. The van der Waals surface area contributed by atoms with E-state index in [1.165, 1.54) is 5.56 Å². The number of rotatable bonds is 5. The number of amides is 1. The average Bonchev–Trinajstić information content (AvgIpc) is 2.71. The fourth-order valence-corrected chi connectivity index (χ4v) is 4.24. The van der Waals surface area contributed by atoms with Gasteiger partial charge < -0.3 is 15.3 Å². The summed E-state index contributed by atoms with van der Waals surface area (Å²) in [6.45, 7) is 3.66.